The van der Waals surface area contributed by atoms with E-state index in [0.29, 0.717) is 6.10 Å². The largest absolute Gasteiger partial charge is 0.380 e. The Bertz CT molecular complexity index is 723. The third-order valence-electron chi connectivity index (χ3n) is 5.78. The third kappa shape index (κ3) is 3.88. The van der Waals surface area contributed by atoms with Gasteiger partial charge in [0, 0.05) is 30.5 Å². The zero-order chi connectivity index (χ0) is 17.2. The second kappa shape index (κ2) is 7.68. The number of likely N-dealkylation sites (tertiary alicyclic amines) is 1. The van der Waals surface area contributed by atoms with Gasteiger partial charge in [-0.25, -0.2) is 9.97 Å². The summed E-state index contributed by atoms with van der Waals surface area (Å²) in [5, 5.41) is 1.29. The number of aryl methyl sites for hydroxylation is 1. The highest BCUT2D eigenvalue weighted by Crippen LogP contribution is 2.39. The summed E-state index contributed by atoms with van der Waals surface area (Å²) in [6.07, 6.45) is 9.60. The van der Waals surface area contributed by atoms with E-state index in [0.717, 1.165) is 31.4 Å². The van der Waals surface area contributed by atoms with Gasteiger partial charge in [0.25, 0.3) is 0 Å². The Kier molecular flexibility index (Phi) is 5.34. The van der Waals surface area contributed by atoms with Crippen molar-refractivity contribution < 1.29 is 4.74 Å². The molecule has 2 fully saturated rings. The highest BCUT2D eigenvalue weighted by Gasteiger charge is 2.23. The molecule has 4 nitrogen and oxygen atoms in total. The number of nitrogens with zero attached hydrogens (tertiary/aromatic N) is 3. The number of rotatable bonds is 4. The molecular formula is C20H29N3OS. The zero-order valence-electron chi connectivity index (χ0n) is 15.5. The van der Waals surface area contributed by atoms with E-state index >= 15 is 0 Å². The predicted molar refractivity (Wildman–Crippen MR) is 103 cm³/mol. The van der Waals surface area contributed by atoms with Crippen molar-refractivity contribution in [2.24, 2.45) is 0 Å². The highest BCUT2D eigenvalue weighted by molar-refractivity contribution is 7.18. The molecular weight excluding hydrogens is 330 g/mol. The molecule has 1 saturated heterocycles. The lowest BCUT2D eigenvalue weighted by molar-refractivity contribution is 0.0283. The molecule has 1 saturated carbocycles. The first-order valence-corrected chi connectivity index (χ1v) is 10.6. The van der Waals surface area contributed by atoms with Crippen molar-refractivity contribution in [2.45, 2.75) is 70.4 Å². The number of thiophene rings is 1. The summed E-state index contributed by atoms with van der Waals surface area (Å²) in [7, 11) is 1.83. The number of aromatic nitrogens is 2. The van der Waals surface area contributed by atoms with Gasteiger partial charge in [-0.2, -0.15) is 0 Å². The average Bonchev–Trinajstić information content (AvgIpc) is 3.07. The molecule has 2 aromatic heterocycles. The topological polar surface area (TPSA) is 38.2 Å². The monoisotopic (exact) mass is 359 g/mol. The lowest BCUT2D eigenvalue weighted by Gasteiger charge is -2.31. The fraction of sp³-hybridized carbons (Fsp3) is 0.700. The number of hydrogen-bond acceptors (Lipinski definition) is 5. The highest BCUT2D eigenvalue weighted by atomic mass is 32.1. The van der Waals surface area contributed by atoms with Crippen LogP contribution in [0.15, 0.2) is 6.07 Å². The second-order valence-electron chi connectivity index (χ2n) is 7.66. The third-order valence-corrected chi connectivity index (χ3v) is 6.97. The molecule has 0 radical (unpaired) electrons. The van der Waals surface area contributed by atoms with Crippen LogP contribution in [0.25, 0.3) is 10.2 Å². The van der Waals surface area contributed by atoms with E-state index in [-0.39, 0.29) is 0 Å². The van der Waals surface area contributed by atoms with Crippen molar-refractivity contribution in [1.29, 1.82) is 0 Å². The molecule has 25 heavy (non-hydrogen) atoms. The Morgan fingerprint density at radius 3 is 2.80 bits per heavy atom. The Morgan fingerprint density at radius 1 is 1.16 bits per heavy atom. The van der Waals surface area contributed by atoms with Crippen molar-refractivity contribution >= 4 is 21.6 Å². The minimum atomic E-state index is 0.368. The molecule has 3 heterocycles. The standard InChI is InChI=1S/C20H29N3OS/c1-14-21-18(13-23-10-6-9-16(12-23)24-2)17-11-19(25-20(17)22-14)15-7-4-3-5-8-15/h11,15-16H,3-10,12-13H2,1-2H3/t16-/m0/s1. The van der Waals surface area contributed by atoms with E-state index < -0.39 is 0 Å². The van der Waals surface area contributed by atoms with E-state index in [9.17, 15) is 0 Å². The molecule has 0 aromatic carbocycles. The molecule has 0 amide bonds. The molecule has 2 aromatic rings. The van der Waals surface area contributed by atoms with Gasteiger partial charge in [0.15, 0.2) is 0 Å². The molecule has 5 heteroatoms. The van der Waals surface area contributed by atoms with E-state index in [1.54, 1.807) is 0 Å². The van der Waals surface area contributed by atoms with Gasteiger partial charge in [-0.3, -0.25) is 4.90 Å². The quantitative estimate of drug-likeness (QED) is 0.796. The summed E-state index contributed by atoms with van der Waals surface area (Å²) in [4.78, 5) is 14.8. The normalized spacial score (nSPS) is 23.4. The molecule has 1 aliphatic heterocycles. The van der Waals surface area contributed by atoms with Crippen molar-refractivity contribution in [1.82, 2.24) is 14.9 Å². The van der Waals surface area contributed by atoms with Crippen LogP contribution in [0.1, 0.15) is 67.3 Å². The molecule has 2 aliphatic rings. The minimum Gasteiger partial charge on any atom is -0.380 e. The summed E-state index contributed by atoms with van der Waals surface area (Å²) in [5.41, 5.74) is 1.21. The number of piperidine rings is 1. The Hall–Kier alpha value is -1.04. The molecule has 4 rings (SSSR count). The maximum absolute atomic E-state index is 5.58. The van der Waals surface area contributed by atoms with Crippen LogP contribution in [0.5, 0.6) is 0 Å². The van der Waals surface area contributed by atoms with Gasteiger partial charge < -0.3 is 4.74 Å². The number of methoxy groups -OCH3 is 1. The van der Waals surface area contributed by atoms with Crippen LogP contribution in [0, 0.1) is 6.92 Å². The summed E-state index contributed by atoms with van der Waals surface area (Å²) in [6.45, 7) is 5.10. The van der Waals surface area contributed by atoms with E-state index in [1.165, 1.54) is 65.7 Å². The van der Waals surface area contributed by atoms with Crippen molar-refractivity contribution in [3.05, 3.63) is 22.5 Å². The van der Waals surface area contributed by atoms with Crippen molar-refractivity contribution in [3.8, 4) is 0 Å². The minimum absolute atomic E-state index is 0.368. The van der Waals surface area contributed by atoms with Crippen molar-refractivity contribution in [3.63, 3.8) is 0 Å². The van der Waals surface area contributed by atoms with Gasteiger partial charge in [0.2, 0.25) is 0 Å². The van der Waals surface area contributed by atoms with Gasteiger partial charge in [0.05, 0.1) is 11.8 Å². The van der Waals surface area contributed by atoms with Crippen LogP contribution in [-0.2, 0) is 11.3 Å². The lowest BCUT2D eigenvalue weighted by Crippen LogP contribution is -2.38. The van der Waals surface area contributed by atoms with E-state index in [1.807, 2.05) is 25.4 Å². The van der Waals surface area contributed by atoms with Crippen LogP contribution in [-0.4, -0.2) is 41.2 Å². The molecule has 1 aliphatic carbocycles. The van der Waals surface area contributed by atoms with Gasteiger partial charge in [0.1, 0.15) is 10.7 Å². The predicted octanol–water partition coefficient (Wildman–Crippen LogP) is 4.66. The van der Waals surface area contributed by atoms with Gasteiger partial charge in [-0.15, -0.1) is 11.3 Å². The maximum Gasteiger partial charge on any atom is 0.127 e. The molecule has 0 bridgehead atoms. The van der Waals surface area contributed by atoms with Gasteiger partial charge in [-0.1, -0.05) is 19.3 Å². The fourth-order valence-electron chi connectivity index (χ4n) is 4.39. The molecule has 0 N–H and O–H groups in total. The summed E-state index contributed by atoms with van der Waals surface area (Å²) >= 11 is 1.90. The Labute approximate surface area is 154 Å². The van der Waals surface area contributed by atoms with Crippen LogP contribution < -0.4 is 0 Å². The SMILES string of the molecule is CO[C@H]1CCCN(Cc2nc(C)nc3sc(C4CCCCC4)cc23)C1. The van der Waals surface area contributed by atoms with Crippen molar-refractivity contribution in [2.75, 3.05) is 20.2 Å². The van der Waals surface area contributed by atoms with Crippen LogP contribution in [0.2, 0.25) is 0 Å². The first-order chi connectivity index (χ1) is 12.2. The van der Waals surface area contributed by atoms with E-state index in [4.69, 9.17) is 14.7 Å². The maximum atomic E-state index is 5.58. The summed E-state index contributed by atoms with van der Waals surface area (Å²) in [6, 6.07) is 2.41. The van der Waals surface area contributed by atoms with Gasteiger partial charge in [-0.05, 0) is 51.1 Å². The van der Waals surface area contributed by atoms with Crippen LogP contribution in [0.3, 0.4) is 0 Å². The zero-order valence-corrected chi connectivity index (χ0v) is 16.3. The molecule has 0 unspecified atom stereocenters. The Morgan fingerprint density at radius 2 is 2.00 bits per heavy atom. The van der Waals surface area contributed by atoms with Gasteiger partial charge >= 0.3 is 0 Å². The first kappa shape index (κ1) is 17.4. The number of fused-ring (bicyclic) bond motifs is 1. The fourth-order valence-corrected chi connectivity index (χ4v) is 5.65. The Balaban J connectivity index is 1.60. The first-order valence-electron chi connectivity index (χ1n) is 9.75. The molecule has 136 valence electrons. The lowest BCUT2D eigenvalue weighted by atomic mass is 9.88. The summed E-state index contributed by atoms with van der Waals surface area (Å²) in [5.74, 6) is 1.65. The number of ether oxygens (including phenoxy) is 1. The second-order valence-corrected chi connectivity index (χ2v) is 8.72. The number of hydrogen-bond donors (Lipinski definition) is 0. The van der Waals surface area contributed by atoms with Crippen LogP contribution >= 0.6 is 11.3 Å². The molecule has 1 atom stereocenters. The average molecular weight is 360 g/mol. The van der Waals surface area contributed by atoms with E-state index in [2.05, 4.69) is 11.0 Å². The molecule has 0 spiro atoms. The smallest absolute Gasteiger partial charge is 0.127 e. The van der Waals surface area contributed by atoms with Crippen LogP contribution in [0.4, 0.5) is 0 Å². The summed E-state index contributed by atoms with van der Waals surface area (Å²) < 4.78 is 5.58.